The van der Waals surface area contributed by atoms with Crippen molar-refractivity contribution in [2.24, 2.45) is 7.05 Å². The highest BCUT2D eigenvalue weighted by Crippen LogP contribution is 2.27. The number of nitrogens with zero attached hydrogens (tertiary/aromatic N) is 1. The molecule has 0 spiro atoms. The van der Waals surface area contributed by atoms with E-state index in [9.17, 15) is 4.79 Å². The number of nitrogens with one attached hydrogen (secondary N) is 1. The first-order valence-corrected chi connectivity index (χ1v) is 9.78. The number of aryl methyl sites for hydroxylation is 1. The van der Waals surface area contributed by atoms with Gasteiger partial charge in [0.05, 0.1) is 5.69 Å². The molecule has 0 saturated heterocycles. The number of carbonyl (C=O) groups is 1. The molecule has 0 atom stereocenters. The third-order valence-electron chi connectivity index (χ3n) is 4.99. The second-order valence-electron chi connectivity index (χ2n) is 6.79. The molecule has 4 rings (SSSR count). The molecule has 0 aliphatic rings. The summed E-state index contributed by atoms with van der Waals surface area (Å²) in [4.78, 5) is 12.5. The van der Waals surface area contributed by atoms with Crippen LogP contribution in [0.3, 0.4) is 0 Å². The van der Waals surface area contributed by atoms with E-state index >= 15 is 0 Å². The zero-order valence-electron chi connectivity index (χ0n) is 16.5. The van der Waals surface area contributed by atoms with Crippen LogP contribution in [-0.2, 0) is 20.2 Å². The number of hydrogen-bond acceptors (Lipinski definition) is 2. The van der Waals surface area contributed by atoms with Crippen LogP contribution in [0.15, 0.2) is 78.9 Å². The monoisotopic (exact) mass is 440 g/mol. The maximum Gasteiger partial charge on any atom is 0.251 e. The quantitative estimate of drug-likeness (QED) is 0.413. The second kappa shape index (κ2) is 9.70. The lowest BCUT2D eigenvalue weighted by molar-refractivity contribution is 0.0951. The van der Waals surface area contributed by atoms with Crippen LogP contribution >= 0.6 is 24.0 Å². The van der Waals surface area contributed by atoms with Gasteiger partial charge in [0.25, 0.3) is 5.91 Å². The van der Waals surface area contributed by atoms with Crippen LogP contribution < -0.4 is 10.1 Å². The molecule has 0 saturated carbocycles. The Balaban J connectivity index is 0.00000256. The van der Waals surface area contributed by atoms with Gasteiger partial charge in [-0.25, -0.2) is 0 Å². The van der Waals surface area contributed by atoms with E-state index in [0.717, 1.165) is 27.9 Å². The first-order chi connectivity index (χ1) is 14.1. The topological polar surface area (TPSA) is 43.3 Å². The summed E-state index contributed by atoms with van der Waals surface area (Å²) in [5, 5.41) is 4.82. The molecule has 3 aromatic carbocycles. The smallest absolute Gasteiger partial charge is 0.251 e. The van der Waals surface area contributed by atoms with E-state index in [4.69, 9.17) is 16.3 Å². The van der Waals surface area contributed by atoms with E-state index in [1.165, 1.54) is 0 Å². The van der Waals surface area contributed by atoms with Crippen molar-refractivity contribution in [1.29, 1.82) is 0 Å². The van der Waals surface area contributed by atoms with Gasteiger partial charge in [-0.3, -0.25) is 4.79 Å². The van der Waals surface area contributed by atoms with Crippen molar-refractivity contribution in [1.82, 2.24) is 9.88 Å². The fraction of sp³-hybridized carbons (Fsp3) is 0.125. The summed E-state index contributed by atoms with van der Waals surface area (Å²) in [5.74, 6) is 0.655. The molecule has 0 radical (unpaired) electrons. The maximum absolute atomic E-state index is 12.5. The minimum atomic E-state index is -0.0943. The largest absolute Gasteiger partial charge is 0.487 e. The molecule has 4 nitrogen and oxygen atoms in total. The number of fused-ring (bicyclic) bond motifs is 1. The van der Waals surface area contributed by atoms with Crippen molar-refractivity contribution in [2.45, 2.75) is 13.2 Å². The van der Waals surface area contributed by atoms with Gasteiger partial charge >= 0.3 is 0 Å². The Labute approximate surface area is 186 Å². The molecule has 0 aliphatic carbocycles. The fourth-order valence-electron chi connectivity index (χ4n) is 3.45. The van der Waals surface area contributed by atoms with Gasteiger partial charge in [0.15, 0.2) is 0 Å². The van der Waals surface area contributed by atoms with Crippen molar-refractivity contribution in [3.05, 3.63) is 101 Å². The molecule has 4 aromatic rings. The molecule has 1 amide bonds. The highest BCUT2D eigenvalue weighted by Gasteiger charge is 2.16. The van der Waals surface area contributed by atoms with Crippen LogP contribution in [0.25, 0.3) is 10.9 Å². The molecule has 1 aromatic heterocycles. The third kappa shape index (κ3) is 4.61. The lowest BCUT2D eigenvalue weighted by atomic mass is 10.1. The Morgan fingerprint density at radius 2 is 1.63 bits per heavy atom. The van der Waals surface area contributed by atoms with Crippen molar-refractivity contribution >= 4 is 40.8 Å². The summed E-state index contributed by atoms with van der Waals surface area (Å²) in [6.45, 7) is 0.817. The van der Waals surface area contributed by atoms with Crippen LogP contribution in [0.5, 0.6) is 5.75 Å². The second-order valence-corrected chi connectivity index (χ2v) is 7.23. The van der Waals surface area contributed by atoms with Gasteiger partial charge in [-0.2, -0.15) is 0 Å². The van der Waals surface area contributed by atoms with Crippen molar-refractivity contribution in [3.63, 3.8) is 0 Å². The molecule has 0 aliphatic heterocycles. The number of aromatic nitrogens is 1. The molecule has 1 N–H and O–H groups in total. The number of halogens is 2. The van der Waals surface area contributed by atoms with Crippen molar-refractivity contribution in [3.8, 4) is 5.75 Å². The summed E-state index contributed by atoms with van der Waals surface area (Å²) in [5.41, 5.74) is 3.83. The molecule has 30 heavy (non-hydrogen) atoms. The average molecular weight is 441 g/mol. The Bertz CT molecular complexity index is 1140. The van der Waals surface area contributed by atoms with Crippen LogP contribution in [0.1, 0.15) is 21.6 Å². The van der Waals surface area contributed by atoms with Crippen molar-refractivity contribution < 1.29 is 9.53 Å². The molecular weight excluding hydrogens is 419 g/mol. The molecular formula is C24H22Cl2N2O2. The summed E-state index contributed by atoms with van der Waals surface area (Å²) in [6.07, 6.45) is 0. The maximum atomic E-state index is 12.5. The fourth-order valence-corrected chi connectivity index (χ4v) is 3.57. The zero-order valence-corrected chi connectivity index (χ0v) is 18.0. The third-order valence-corrected chi connectivity index (χ3v) is 5.25. The van der Waals surface area contributed by atoms with E-state index in [1.54, 1.807) is 12.1 Å². The summed E-state index contributed by atoms with van der Waals surface area (Å²) in [7, 11) is 2.02. The Kier molecular flexibility index (Phi) is 7.03. The van der Waals surface area contributed by atoms with Gasteiger partial charge < -0.3 is 14.6 Å². The Morgan fingerprint density at radius 3 is 2.37 bits per heavy atom. The minimum Gasteiger partial charge on any atom is -0.487 e. The average Bonchev–Trinajstić information content (AvgIpc) is 3.03. The van der Waals surface area contributed by atoms with Gasteiger partial charge in [-0.05, 0) is 42.5 Å². The number of carbonyl (C=O) groups excluding carboxylic acids is 1. The number of benzene rings is 3. The number of ether oxygens (including phenoxy) is 1. The number of amides is 1. The van der Waals surface area contributed by atoms with Crippen LogP contribution in [0.4, 0.5) is 0 Å². The molecule has 1 heterocycles. The highest BCUT2D eigenvalue weighted by molar-refractivity contribution is 6.30. The van der Waals surface area contributed by atoms with E-state index < -0.39 is 0 Å². The number of para-hydroxylation sites is 1. The first kappa shape index (κ1) is 21.8. The first-order valence-electron chi connectivity index (χ1n) is 9.40. The van der Waals surface area contributed by atoms with Crippen molar-refractivity contribution in [2.75, 3.05) is 0 Å². The van der Waals surface area contributed by atoms with Crippen LogP contribution in [0, 0.1) is 0 Å². The Hall–Kier alpha value is -2.95. The van der Waals surface area contributed by atoms with Crippen LogP contribution in [-0.4, -0.2) is 10.5 Å². The highest BCUT2D eigenvalue weighted by atomic mass is 35.5. The summed E-state index contributed by atoms with van der Waals surface area (Å²) >= 11 is 5.95. The minimum absolute atomic E-state index is 0. The van der Waals surface area contributed by atoms with Gasteiger partial charge in [-0.15, -0.1) is 12.4 Å². The van der Waals surface area contributed by atoms with E-state index in [1.807, 2.05) is 61.6 Å². The zero-order chi connectivity index (χ0) is 20.2. The molecule has 0 unspecified atom stereocenters. The predicted octanol–water partition coefficient (Wildman–Crippen LogP) is 5.76. The SMILES string of the molecule is Cl.Cn1c(COc2ccc(Cl)cc2)c(CNC(=O)c2ccccc2)c2ccccc21. The van der Waals surface area contributed by atoms with Gasteiger partial charge in [0.1, 0.15) is 12.4 Å². The molecule has 0 bridgehead atoms. The molecule has 154 valence electrons. The Morgan fingerprint density at radius 1 is 0.967 bits per heavy atom. The number of rotatable bonds is 6. The normalized spacial score (nSPS) is 10.5. The lowest BCUT2D eigenvalue weighted by Gasteiger charge is -2.11. The molecule has 0 fully saturated rings. The summed E-state index contributed by atoms with van der Waals surface area (Å²) in [6, 6.07) is 24.7. The van der Waals surface area contributed by atoms with Gasteiger partial charge in [-0.1, -0.05) is 48.0 Å². The van der Waals surface area contributed by atoms with Crippen LogP contribution in [0.2, 0.25) is 5.02 Å². The number of hydrogen-bond donors (Lipinski definition) is 1. The standard InChI is InChI=1S/C24H21ClN2O2.ClH/c1-27-22-10-6-5-9-20(22)21(15-26-24(28)17-7-3-2-4-8-17)23(27)16-29-19-13-11-18(25)12-14-19;/h2-14H,15-16H2,1H3,(H,26,28);1H. The van der Waals surface area contributed by atoms with E-state index in [0.29, 0.717) is 23.7 Å². The molecule has 6 heteroatoms. The predicted molar refractivity (Wildman–Crippen MR) is 124 cm³/mol. The van der Waals surface area contributed by atoms with E-state index in [2.05, 4.69) is 22.0 Å². The lowest BCUT2D eigenvalue weighted by Crippen LogP contribution is -2.23. The van der Waals surface area contributed by atoms with Gasteiger partial charge in [0, 0.05) is 40.6 Å². The van der Waals surface area contributed by atoms with Gasteiger partial charge in [0.2, 0.25) is 0 Å². The summed E-state index contributed by atoms with van der Waals surface area (Å²) < 4.78 is 8.12. The van der Waals surface area contributed by atoms with E-state index in [-0.39, 0.29) is 18.3 Å².